The van der Waals surface area contributed by atoms with Gasteiger partial charge >= 0.3 is 0 Å². The highest BCUT2D eigenvalue weighted by Crippen LogP contribution is 2.31. The van der Waals surface area contributed by atoms with Gasteiger partial charge in [-0.25, -0.2) is 4.68 Å². The van der Waals surface area contributed by atoms with E-state index in [2.05, 4.69) is 77.6 Å². The van der Waals surface area contributed by atoms with Gasteiger partial charge in [0.1, 0.15) is 11.4 Å². The number of benzene rings is 3. The van der Waals surface area contributed by atoms with Crippen LogP contribution in [0.5, 0.6) is 5.75 Å². The van der Waals surface area contributed by atoms with E-state index in [1.807, 2.05) is 41.1 Å². The molecule has 0 atom stereocenters. The van der Waals surface area contributed by atoms with Crippen LogP contribution in [0, 0.1) is 0 Å². The van der Waals surface area contributed by atoms with Crippen molar-refractivity contribution in [2.45, 2.75) is 33.2 Å². The van der Waals surface area contributed by atoms with Crippen molar-refractivity contribution in [1.29, 1.82) is 0 Å². The largest absolute Gasteiger partial charge is 0.494 e. The molecule has 0 spiro atoms. The summed E-state index contributed by atoms with van der Waals surface area (Å²) in [7, 11) is 0. The molecule has 0 saturated heterocycles. The quantitative estimate of drug-likeness (QED) is 0.240. The van der Waals surface area contributed by atoms with Gasteiger partial charge in [0, 0.05) is 11.1 Å². The third kappa shape index (κ3) is 6.12. The second-order valence-electron chi connectivity index (χ2n) is 8.40. The number of hydrogen-bond acceptors (Lipinski definition) is 4. The van der Waals surface area contributed by atoms with E-state index in [4.69, 9.17) is 4.74 Å². The lowest BCUT2D eigenvalue weighted by Gasteiger charge is -2.17. The fourth-order valence-electron chi connectivity index (χ4n) is 4.13. The molecule has 0 N–H and O–H groups in total. The molecule has 0 bridgehead atoms. The first-order valence-corrected chi connectivity index (χ1v) is 12.3. The zero-order chi connectivity index (χ0) is 23.6. The van der Waals surface area contributed by atoms with Crippen LogP contribution in [-0.2, 0) is 6.54 Å². The smallest absolute Gasteiger partial charge is 0.121 e. The second kappa shape index (κ2) is 12.1. The number of unbranched alkanes of at least 4 members (excludes halogenated alkanes) is 1. The number of hydrogen-bond donors (Lipinski definition) is 0. The fraction of sp³-hybridized carbons (Fsp3) is 0.310. The summed E-state index contributed by atoms with van der Waals surface area (Å²) in [5.41, 5.74) is 5.24. The SMILES string of the molecule is CCN(CC)CCCCOc1ccc(-c2c(-c3ccccc3)nnn2Cc2ccccc2)cc1. The van der Waals surface area contributed by atoms with Crippen molar-refractivity contribution < 1.29 is 4.74 Å². The predicted octanol–water partition coefficient (Wildman–Crippen LogP) is 6.16. The Balaban J connectivity index is 1.49. The molecular weight excluding hydrogens is 420 g/mol. The Morgan fingerprint density at radius 2 is 1.44 bits per heavy atom. The molecule has 0 radical (unpaired) electrons. The lowest BCUT2D eigenvalue weighted by molar-refractivity contribution is 0.266. The topological polar surface area (TPSA) is 43.2 Å². The van der Waals surface area contributed by atoms with Gasteiger partial charge in [-0.3, -0.25) is 0 Å². The van der Waals surface area contributed by atoms with Crippen LogP contribution >= 0.6 is 0 Å². The van der Waals surface area contributed by atoms with E-state index in [-0.39, 0.29) is 0 Å². The maximum absolute atomic E-state index is 6.01. The predicted molar refractivity (Wildman–Crippen MR) is 139 cm³/mol. The molecule has 0 aliphatic heterocycles. The van der Waals surface area contributed by atoms with Crippen LogP contribution < -0.4 is 4.74 Å². The van der Waals surface area contributed by atoms with Crippen molar-refractivity contribution in [3.05, 3.63) is 90.5 Å². The highest BCUT2D eigenvalue weighted by molar-refractivity contribution is 5.78. The molecule has 34 heavy (non-hydrogen) atoms. The number of rotatable bonds is 12. The number of aromatic nitrogens is 3. The van der Waals surface area contributed by atoms with Gasteiger partial charge in [0.25, 0.3) is 0 Å². The monoisotopic (exact) mass is 454 g/mol. The van der Waals surface area contributed by atoms with E-state index in [1.165, 1.54) is 5.56 Å². The van der Waals surface area contributed by atoms with Gasteiger partial charge in [-0.15, -0.1) is 5.10 Å². The van der Waals surface area contributed by atoms with Crippen LogP contribution in [-0.4, -0.2) is 46.1 Å². The number of ether oxygens (including phenoxy) is 1. The summed E-state index contributed by atoms with van der Waals surface area (Å²) < 4.78 is 8.00. The molecule has 0 amide bonds. The Morgan fingerprint density at radius 1 is 0.765 bits per heavy atom. The van der Waals surface area contributed by atoms with Crippen LogP contribution in [0.3, 0.4) is 0 Å². The summed E-state index contributed by atoms with van der Waals surface area (Å²) in [6, 6.07) is 28.9. The summed E-state index contributed by atoms with van der Waals surface area (Å²) >= 11 is 0. The van der Waals surface area contributed by atoms with Gasteiger partial charge < -0.3 is 9.64 Å². The minimum absolute atomic E-state index is 0.667. The van der Waals surface area contributed by atoms with Crippen LogP contribution in [0.4, 0.5) is 0 Å². The van der Waals surface area contributed by atoms with Gasteiger partial charge in [0.2, 0.25) is 0 Å². The van der Waals surface area contributed by atoms with Crippen LogP contribution in [0.2, 0.25) is 0 Å². The molecule has 0 unspecified atom stereocenters. The van der Waals surface area contributed by atoms with Crippen molar-refractivity contribution in [2.24, 2.45) is 0 Å². The maximum atomic E-state index is 6.01. The zero-order valence-electron chi connectivity index (χ0n) is 20.2. The molecule has 3 aromatic carbocycles. The molecule has 4 aromatic rings. The minimum Gasteiger partial charge on any atom is -0.494 e. The summed E-state index contributed by atoms with van der Waals surface area (Å²) in [6.07, 6.45) is 2.22. The molecule has 0 saturated carbocycles. The van der Waals surface area contributed by atoms with Crippen molar-refractivity contribution in [1.82, 2.24) is 19.9 Å². The lowest BCUT2D eigenvalue weighted by Crippen LogP contribution is -2.24. The Morgan fingerprint density at radius 3 is 2.12 bits per heavy atom. The molecule has 4 rings (SSSR count). The van der Waals surface area contributed by atoms with E-state index >= 15 is 0 Å². The molecule has 0 aliphatic carbocycles. The molecule has 1 aromatic heterocycles. The lowest BCUT2D eigenvalue weighted by atomic mass is 10.0. The standard InChI is InChI=1S/C29H34N4O/c1-3-32(4-2)21-11-12-22-34-27-19-17-26(18-20-27)29-28(25-15-9-6-10-16-25)30-31-33(29)23-24-13-7-5-8-14-24/h5-10,13-20H,3-4,11-12,21-23H2,1-2H3. The Bertz CT molecular complexity index is 1120. The minimum atomic E-state index is 0.667. The van der Waals surface area contributed by atoms with Gasteiger partial charge in [-0.05, 0) is 62.3 Å². The van der Waals surface area contributed by atoms with Crippen LogP contribution in [0.15, 0.2) is 84.9 Å². The Labute approximate surface area is 203 Å². The summed E-state index contributed by atoms with van der Waals surface area (Å²) in [5, 5.41) is 9.07. The van der Waals surface area contributed by atoms with Gasteiger partial charge in [-0.2, -0.15) is 0 Å². The van der Waals surface area contributed by atoms with Crippen LogP contribution in [0.1, 0.15) is 32.3 Å². The van der Waals surface area contributed by atoms with E-state index in [9.17, 15) is 0 Å². The molecule has 0 aliphatic rings. The summed E-state index contributed by atoms with van der Waals surface area (Å²) in [4.78, 5) is 2.45. The Hall–Kier alpha value is -3.44. The van der Waals surface area contributed by atoms with Crippen molar-refractivity contribution in [3.63, 3.8) is 0 Å². The third-order valence-corrected chi connectivity index (χ3v) is 6.12. The molecule has 5 nitrogen and oxygen atoms in total. The van der Waals surface area contributed by atoms with E-state index in [0.717, 1.165) is 67.3 Å². The molecule has 1 heterocycles. The highest BCUT2D eigenvalue weighted by Gasteiger charge is 2.17. The van der Waals surface area contributed by atoms with Crippen molar-refractivity contribution in [3.8, 4) is 28.3 Å². The van der Waals surface area contributed by atoms with Crippen molar-refractivity contribution >= 4 is 0 Å². The van der Waals surface area contributed by atoms with Gasteiger partial charge in [0.05, 0.1) is 18.8 Å². The molecule has 176 valence electrons. The molecular formula is C29H34N4O. The second-order valence-corrected chi connectivity index (χ2v) is 8.40. The maximum Gasteiger partial charge on any atom is 0.121 e. The van der Waals surface area contributed by atoms with Gasteiger partial charge in [-0.1, -0.05) is 79.7 Å². The first-order chi connectivity index (χ1) is 16.8. The van der Waals surface area contributed by atoms with E-state index in [0.29, 0.717) is 6.54 Å². The fourth-order valence-corrected chi connectivity index (χ4v) is 4.13. The number of nitrogens with zero attached hydrogens (tertiary/aromatic N) is 4. The average Bonchev–Trinajstić information content (AvgIpc) is 3.31. The molecule has 0 fully saturated rings. The average molecular weight is 455 g/mol. The highest BCUT2D eigenvalue weighted by atomic mass is 16.5. The van der Waals surface area contributed by atoms with Gasteiger partial charge in [0.15, 0.2) is 0 Å². The summed E-state index contributed by atoms with van der Waals surface area (Å²) in [5.74, 6) is 0.898. The first-order valence-electron chi connectivity index (χ1n) is 12.3. The normalized spacial score (nSPS) is 11.1. The Kier molecular flexibility index (Phi) is 8.47. The van der Waals surface area contributed by atoms with E-state index < -0.39 is 0 Å². The molecule has 5 heteroatoms. The van der Waals surface area contributed by atoms with E-state index in [1.54, 1.807) is 0 Å². The van der Waals surface area contributed by atoms with Crippen molar-refractivity contribution in [2.75, 3.05) is 26.2 Å². The summed E-state index contributed by atoms with van der Waals surface area (Å²) in [6.45, 7) is 9.19. The third-order valence-electron chi connectivity index (χ3n) is 6.12. The van der Waals surface area contributed by atoms with Crippen LogP contribution in [0.25, 0.3) is 22.5 Å². The first kappa shape index (κ1) is 23.7. The zero-order valence-corrected chi connectivity index (χ0v) is 20.2.